The van der Waals surface area contributed by atoms with Gasteiger partial charge in [0, 0.05) is 22.8 Å². The number of sulfonamides is 2. The maximum absolute atomic E-state index is 12.8. The summed E-state index contributed by atoms with van der Waals surface area (Å²) < 4.78 is 58.7. The van der Waals surface area contributed by atoms with Gasteiger partial charge in [0.05, 0.1) is 28.9 Å². The molecule has 0 atom stereocenters. The summed E-state index contributed by atoms with van der Waals surface area (Å²) in [6.07, 6.45) is 0.840. The summed E-state index contributed by atoms with van der Waals surface area (Å²) in [5.74, 6) is -0.780. The van der Waals surface area contributed by atoms with Crippen molar-refractivity contribution in [1.29, 1.82) is 0 Å². The molecule has 12 nitrogen and oxygen atoms in total. The fourth-order valence-electron chi connectivity index (χ4n) is 3.32. The van der Waals surface area contributed by atoms with Crippen LogP contribution >= 0.6 is 11.6 Å². The zero-order chi connectivity index (χ0) is 28.3. The first-order valence-corrected chi connectivity index (χ1v) is 14.4. The Morgan fingerprint density at radius 1 is 1.05 bits per heavy atom. The molecule has 3 aromatic rings. The molecule has 3 rings (SSSR count). The van der Waals surface area contributed by atoms with Crippen LogP contribution in [0.4, 0.5) is 22.7 Å². The van der Waals surface area contributed by atoms with E-state index in [-0.39, 0.29) is 22.0 Å². The molecule has 0 bridgehead atoms. The Morgan fingerprint density at radius 3 is 2.29 bits per heavy atom. The van der Waals surface area contributed by atoms with E-state index in [1.165, 1.54) is 43.5 Å². The van der Waals surface area contributed by atoms with Gasteiger partial charge in [0.25, 0.3) is 15.7 Å². The molecule has 0 fully saturated rings. The van der Waals surface area contributed by atoms with E-state index in [4.69, 9.17) is 16.3 Å². The second-order valence-electron chi connectivity index (χ2n) is 8.02. The number of anilines is 3. The van der Waals surface area contributed by atoms with Crippen molar-refractivity contribution in [3.8, 4) is 5.75 Å². The summed E-state index contributed by atoms with van der Waals surface area (Å²) >= 11 is 5.95. The summed E-state index contributed by atoms with van der Waals surface area (Å²) in [5, 5.41) is 14.0. The minimum absolute atomic E-state index is 0.00539. The number of amides is 1. The lowest BCUT2D eigenvalue weighted by molar-refractivity contribution is -0.384. The van der Waals surface area contributed by atoms with Gasteiger partial charge in [-0.05, 0) is 55.0 Å². The Hall–Kier alpha value is -3.88. The second-order valence-corrected chi connectivity index (χ2v) is 12.0. The van der Waals surface area contributed by atoms with Crippen LogP contribution in [0, 0.1) is 17.0 Å². The first kappa shape index (κ1) is 28.7. The molecule has 0 aromatic heterocycles. The number of ether oxygens (including phenoxy) is 1. The average Bonchev–Trinajstić information content (AvgIpc) is 2.84. The summed E-state index contributed by atoms with van der Waals surface area (Å²) in [4.78, 5) is 23.1. The number of aryl methyl sites for hydroxylation is 1. The van der Waals surface area contributed by atoms with Crippen molar-refractivity contribution in [2.75, 3.05) is 34.3 Å². The van der Waals surface area contributed by atoms with Crippen molar-refractivity contribution in [3.05, 3.63) is 81.4 Å². The topological polar surface area (TPSA) is 165 Å². The third-order valence-corrected chi connectivity index (χ3v) is 7.96. The highest BCUT2D eigenvalue weighted by molar-refractivity contribution is 7.92. The number of hydrogen-bond donors (Lipinski definition) is 2. The number of methoxy groups -OCH3 is 1. The Morgan fingerprint density at radius 2 is 1.71 bits per heavy atom. The monoisotopic (exact) mass is 582 g/mol. The summed E-state index contributed by atoms with van der Waals surface area (Å²) in [6, 6.07) is 13.3. The molecule has 38 heavy (non-hydrogen) atoms. The van der Waals surface area contributed by atoms with Gasteiger partial charge in [-0.15, -0.1) is 0 Å². The van der Waals surface area contributed by atoms with Crippen LogP contribution in [0.25, 0.3) is 0 Å². The molecular formula is C23H23ClN4O8S2. The van der Waals surface area contributed by atoms with Gasteiger partial charge in [0.15, 0.2) is 0 Å². The molecule has 0 spiro atoms. The smallest absolute Gasteiger partial charge is 0.271 e. The lowest BCUT2D eigenvalue weighted by atomic mass is 10.2. The molecule has 0 aliphatic carbocycles. The molecule has 0 saturated heterocycles. The van der Waals surface area contributed by atoms with Gasteiger partial charge in [-0.2, -0.15) is 0 Å². The van der Waals surface area contributed by atoms with Gasteiger partial charge in [-0.1, -0.05) is 17.7 Å². The number of carbonyl (C=O) groups excluding carboxylic acids is 1. The van der Waals surface area contributed by atoms with Crippen LogP contribution in [0.5, 0.6) is 5.75 Å². The van der Waals surface area contributed by atoms with Gasteiger partial charge in [-0.25, -0.2) is 16.8 Å². The minimum atomic E-state index is -4.07. The predicted octanol–water partition coefficient (Wildman–Crippen LogP) is 3.77. The number of non-ortho nitro benzene ring substituents is 1. The lowest BCUT2D eigenvalue weighted by Gasteiger charge is -2.23. The van der Waals surface area contributed by atoms with Gasteiger partial charge in [0.2, 0.25) is 15.9 Å². The second kappa shape index (κ2) is 11.2. The molecule has 0 unspecified atom stereocenters. The lowest BCUT2D eigenvalue weighted by Crippen LogP contribution is -2.37. The third-order valence-electron chi connectivity index (χ3n) is 5.22. The fraction of sp³-hybridized carbons (Fsp3) is 0.174. The number of nitro groups is 1. The number of benzene rings is 3. The van der Waals surface area contributed by atoms with Crippen LogP contribution in [0.3, 0.4) is 0 Å². The highest BCUT2D eigenvalue weighted by Crippen LogP contribution is 2.33. The van der Waals surface area contributed by atoms with Crippen LogP contribution in [-0.2, 0) is 24.8 Å². The number of rotatable bonds is 10. The van der Waals surface area contributed by atoms with Crippen molar-refractivity contribution in [3.63, 3.8) is 0 Å². The van der Waals surface area contributed by atoms with Crippen LogP contribution in [0.2, 0.25) is 5.02 Å². The van der Waals surface area contributed by atoms with E-state index in [0.717, 1.165) is 18.4 Å². The van der Waals surface area contributed by atoms with E-state index < -0.39 is 43.1 Å². The quantitative estimate of drug-likeness (QED) is 0.269. The molecule has 0 heterocycles. The Labute approximate surface area is 224 Å². The summed E-state index contributed by atoms with van der Waals surface area (Å²) in [6.45, 7) is 0.988. The van der Waals surface area contributed by atoms with E-state index in [1.807, 2.05) is 0 Å². The number of nitrogens with zero attached hydrogens (tertiary/aromatic N) is 2. The van der Waals surface area contributed by atoms with Crippen molar-refractivity contribution < 1.29 is 31.3 Å². The summed E-state index contributed by atoms with van der Waals surface area (Å²) in [5.41, 5.74) is 0.578. The van der Waals surface area contributed by atoms with E-state index in [0.29, 0.717) is 20.6 Å². The number of nitro benzene ring substituents is 1. The molecule has 0 radical (unpaired) electrons. The Kier molecular flexibility index (Phi) is 8.49. The van der Waals surface area contributed by atoms with Crippen molar-refractivity contribution in [2.24, 2.45) is 0 Å². The molecule has 3 aromatic carbocycles. The molecule has 15 heteroatoms. The van der Waals surface area contributed by atoms with Crippen molar-refractivity contribution >= 4 is 60.3 Å². The zero-order valence-electron chi connectivity index (χ0n) is 20.3. The number of nitrogens with one attached hydrogen (secondary N) is 2. The van der Waals surface area contributed by atoms with Crippen LogP contribution in [0.15, 0.2) is 65.6 Å². The van der Waals surface area contributed by atoms with Gasteiger partial charge >= 0.3 is 0 Å². The van der Waals surface area contributed by atoms with E-state index in [2.05, 4.69) is 10.0 Å². The van der Waals surface area contributed by atoms with Gasteiger partial charge < -0.3 is 10.1 Å². The van der Waals surface area contributed by atoms with Gasteiger partial charge in [-0.3, -0.25) is 23.9 Å². The average molecular weight is 583 g/mol. The van der Waals surface area contributed by atoms with Crippen molar-refractivity contribution in [2.45, 2.75) is 11.8 Å². The molecule has 0 aliphatic heterocycles. The van der Waals surface area contributed by atoms with E-state index in [1.54, 1.807) is 19.1 Å². The minimum Gasteiger partial charge on any atom is -0.495 e. The van der Waals surface area contributed by atoms with Gasteiger partial charge in [0.1, 0.15) is 18.0 Å². The zero-order valence-corrected chi connectivity index (χ0v) is 22.7. The van der Waals surface area contributed by atoms with E-state index >= 15 is 0 Å². The number of halogens is 1. The maximum atomic E-state index is 12.8. The molecule has 0 saturated carbocycles. The first-order chi connectivity index (χ1) is 17.7. The third kappa shape index (κ3) is 6.90. The van der Waals surface area contributed by atoms with Crippen LogP contribution < -0.4 is 19.1 Å². The number of hydrogen-bond acceptors (Lipinski definition) is 8. The fourth-order valence-corrected chi connectivity index (χ4v) is 5.47. The normalized spacial score (nSPS) is 11.5. The molecule has 202 valence electrons. The predicted molar refractivity (Wildman–Crippen MR) is 144 cm³/mol. The molecule has 0 aliphatic rings. The molecule has 1 amide bonds. The largest absolute Gasteiger partial charge is 0.495 e. The van der Waals surface area contributed by atoms with Crippen LogP contribution in [0.1, 0.15) is 5.56 Å². The Balaban J connectivity index is 1.80. The van der Waals surface area contributed by atoms with E-state index in [9.17, 15) is 31.7 Å². The highest BCUT2D eigenvalue weighted by Gasteiger charge is 2.26. The maximum Gasteiger partial charge on any atom is 0.271 e. The highest BCUT2D eigenvalue weighted by atomic mass is 35.5. The summed E-state index contributed by atoms with van der Waals surface area (Å²) in [7, 11) is -6.79. The number of carbonyl (C=O) groups is 1. The standard InChI is InChI=1S/C23H23ClN4O8S2/c1-15-4-5-16(24)12-20(15)26-38(34,35)19-9-6-17(7-10-19)25-23(29)14-27(37(3,32)33)21-13-18(28(30)31)8-11-22(21)36-2/h4-13,26H,14H2,1-3H3,(H,25,29). The Bertz CT molecular complexity index is 1590. The van der Waals surface area contributed by atoms with Crippen LogP contribution in [-0.4, -0.2) is 47.6 Å². The first-order valence-electron chi connectivity index (χ1n) is 10.7. The molecular weight excluding hydrogens is 560 g/mol. The SMILES string of the molecule is COc1ccc([N+](=O)[O-])cc1N(CC(=O)Nc1ccc(S(=O)(=O)Nc2cc(Cl)ccc2C)cc1)S(C)(=O)=O. The van der Waals surface area contributed by atoms with Crippen molar-refractivity contribution in [1.82, 2.24) is 0 Å². The molecule has 2 N–H and O–H groups in total.